The van der Waals surface area contributed by atoms with E-state index >= 15 is 0 Å². The van der Waals surface area contributed by atoms with Crippen LogP contribution in [0.1, 0.15) is 31.9 Å². The second-order valence-electron chi connectivity index (χ2n) is 4.06. The molecule has 2 atom stereocenters. The third kappa shape index (κ3) is 3.83. The molecule has 0 amide bonds. The van der Waals surface area contributed by atoms with E-state index in [1.807, 2.05) is 18.2 Å². The van der Waals surface area contributed by atoms with Crippen molar-refractivity contribution in [1.29, 1.82) is 0 Å². The molecule has 16 heavy (non-hydrogen) atoms. The molecule has 0 saturated heterocycles. The molecule has 0 heterocycles. The fourth-order valence-electron chi connectivity index (χ4n) is 1.64. The lowest BCUT2D eigenvalue weighted by Gasteiger charge is -2.17. The molecule has 0 radical (unpaired) electrons. The molecule has 1 aromatic rings. The van der Waals surface area contributed by atoms with E-state index in [4.69, 9.17) is 4.74 Å². The van der Waals surface area contributed by atoms with E-state index in [2.05, 4.69) is 18.3 Å². The summed E-state index contributed by atoms with van der Waals surface area (Å²) in [6, 6.07) is 8.21. The highest BCUT2D eigenvalue weighted by Crippen LogP contribution is 2.24. The number of methoxy groups -OCH3 is 1. The Morgan fingerprint density at radius 1 is 1.31 bits per heavy atom. The molecule has 0 fully saturated rings. The molecule has 0 spiro atoms. The number of hydrogen-bond donors (Lipinski definition) is 2. The summed E-state index contributed by atoms with van der Waals surface area (Å²) in [4.78, 5) is 0. The lowest BCUT2D eigenvalue weighted by atomic mass is 10.1. The molecule has 1 unspecified atom stereocenters. The number of aliphatic hydroxyl groups is 1. The van der Waals surface area contributed by atoms with Gasteiger partial charge in [-0.3, -0.25) is 0 Å². The van der Waals surface area contributed by atoms with Crippen LogP contribution in [0.15, 0.2) is 24.3 Å². The molecular weight excluding hydrogens is 202 g/mol. The number of nitrogens with one attached hydrogen (secondary N) is 1. The second-order valence-corrected chi connectivity index (χ2v) is 4.06. The van der Waals surface area contributed by atoms with E-state index in [1.165, 1.54) is 0 Å². The minimum Gasteiger partial charge on any atom is -0.496 e. The summed E-state index contributed by atoms with van der Waals surface area (Å²) in [7, 11) is 1.68. The van der Waals surface area contributed by atoms with Gasteiger partial charge in [0, 0.05) is 11.6 Å². The first-order chi connectivity index (χ1) is 7.65. The minimum atomic E-state index is -0.252. The fraction of sp³-hybridized carbons (Fsp3) is 0.538. The van der Waals surface area contributed by atoms with Gasteiger partial charge in [-0.1, -0.05) is 18.2 Å². The van der Waals surface area contributed by atoms with Crippen LogP contribution in [0.25, 0.3) is 0 Å². The Labute approximate surface area is 97.4 Å². The summed E-state index contributed by atoms with van der Waals surface area (Å²) < 4.78 is 5.30. The molecule has 0 aliphatic heterocycles. The van der Waals surface area contributed by atoms with Gasteiger partial charge in [-0.15, -0.1) is 0 Å². The molecule has 3 nitrogen and oxygen atoms in total. The molecule has 2 N–H and O–H groups in total. The predicted octanol–water partition coefficient (Wildman–Crippen LogP) is 2.12. The lowest BCUT2D eigenvalue weighted by molar-refractivity contribution is 0.182. The maximum atomic E-state index is 9.17. The molecule has 0 aliphatic rings. The number of rotatable bonds is 6. The molecule has 1 aromatic carbocycles. The summed E-state index contributed by atoms with van der Waals surface area (Å²) in [5.41, 5.74) is 1.15. The molecule has 1 rings (SSSR count). The zero-order valence-corrected chi connectivity index (χ0v) is 10.2. The number of hydrogen-bond acceptors (Lipinski definition) is 3. The molecule has 0 saturated carbocycles. The number of benzene rings is 1. The maximum Gasteiger partial charge on any atom is 0.123 e. The quantitative estimate of drug-likeness (QED) is 0.776. The summed E-state index contributed by atoms with van der Waals surface area (Å²) in [6.45, 7) is 4.70. The van der Waals surface area contributed by atoms with Crippen molar-refractivity contribution < 1.29 is 9.84 Å². The lowest BCUT2D eigenvalue weighted by Crippen LogP contribution is -2.22. The summed E-state index contributed by atoms with van der Waals surface area (Å²) >= 11 is 0. The highest BCUT2D eigenvalue weighted by atomic mass is 16.5. The van der Waals surface area contributed by atoms with E-state index in [1.54, 1.807) is 14.0 Å². The van der Waals surface area contributed by atoms with E-state index < -0.39 is 0 Å². The molecule has 90 valence electrons. The molecule has 0 aromatic heterocycles. The Balaban J connectivity index is 2.55. The number of ether oxygens (including phenoxy) is 1. The Morgan fingerprint density at radius 3 is 2.62 bits per heavy atom. The van der Waals surface area contributed by atoms with Crippen molar-refractivity contribution in [2.24, 2.45) is 0 Å². The van der Waals surface area contributed by atoms with Crippen molar-refractivity contribution in [3.05, 3.63) is 29.8 Å². The van der Waals surface area contributed by atoms with Gasteiger partial charge in [0.15, 0.2) is 0 Å². The van der Waals surface area contributed by atoms with Gasteiger partial charge in [-0.25, -0.2) is 0 Å². The number of para-hydroxylation sites is 1. The van der Waals surface area contributed by atoms with Gasteiger partial charge in [0.25, 0.3) is 0 Å². The van der Waals surface area contributed by atoms with E-state index in [0.717, 1.165) is 24.3 Å². The van der Waals surface area contributed by atoms with Gasteiger partial charge >= 0.3 is 0 Å². The highest BCUT2D eigenvalue weighted by molar-refractivity contribution is 5.35. The van der Waals surface area contributed by atoms with Crippen LogP contribution < -0.4 is 10.1 Å². The van der Waals surface area contributed by atoms with Crippen LogP contribution in [0.4, 0.5) is 0 Å². The third-order valence-electron chi connectivity index (χ3n) is 2.62. The van der Waals surface area contributed by atoms with Crippen molar-refractivity contribution in [2.75, 3.05) is 13.7 Å². The highest BCUT2D eigenvalue weighted by Gasteiger charge is 2.09. The topological polar surface area (TPSA) is 41.5 Å². The van der Waals surface area contributed by atoms with Crippen molar-refractivity contribution in [3.8, 4) is 5.75 Å². The Kier molecular flexibility index (Phi) is 5.29. The average molecular weight is 223 g/mol. The van der Waals surface area contributed by atoms with Gasteiger partial charge in [-0.2, -0.15) is 0 Å². The molecule has 3 heteroatoms. The van der Waals surface area contributed by atoms with E-state index in [-0.39, 0.29) is 12.1 Å². The molecule has 0 aliphatic carbocycles. The van der Waals surface area contributed by atoms with Gasteiger partial charge in [-0.05, 0) is 32.9 Å². The van der Waals surface area contributed by atoms with Crippen molar-refractivity contribution in [3.63, 3.8) is 0 Å². The van der Waals surface area contributed by atoms with Gasteiger partial charge in [0.2, 0.25) is 0 Å². The van der Waals surface area contributed by atoms with Crippen molar-refractivity contribution in [1.82, 2.24) is 5.32 Å². The van der Waals surface area contributed by atoms with E-state index in [9.17, 15) is 5.11 Å². The van der Waals surface area contributed by atoms with Crippen LogP contribution in [0, 0.1) is 0 Å². The predicted molar refractivity (Wildman–Crippen MR) is 65.7 cm³/mol. The van der Waals surface area contributed by atoms with Gasteiger partial charge < -0.3 is 15.2 Å². The normalized spacial score (nSPS) is 14.5. The van der Waals surface area contributed by atoms with Crippen LogP contribution in [-0.4, -0.2) is 24.9 Å². The SMILES string of the molecule is COc1ccccc1[C@H](C)NCCC(C)O. The second kappa shape index (κ2) is 6.51. The first-order valence-electron chi connectivity index (χ1n) is 5.69. The van der Waals surface area contributed by atoms with Crippen molar-refractivity contribution in [2.45, 2.75) is 32.4 Å². The third-order valence-corrected chi connectivity index (χ3v) is 2.62. The average Bonchev–Trinajstić information content (AvgIpc) is 2.28. The smallest absolute Gasteiger partial charge is 0.123 e. The van der Waals surface area contributed by atoms with Crippen molar-refractivity contribution >= 4 is 0 Å². The summed E-state index contributed by atoms with van der Waals surface area (Å²) in [5.74, 6) is 0.902. The van der Waals surface area contributed by atoms with Crippen LogP contribution in [-0.2, 0) is 0 Å². The largest absolute Gasteiger partial charge is 0.496 e. The summed E-state index contributed by atoms with van der Waals surface area (Å²) in [5, 5.41) is 12.5. The first-order valence-corrected chi connectivity index (χ1v) is 5.69. The molecular formula is C13H21NO2. The van der Waals surface area contributed by atoms with Gasteiger partial charge in [0.1, 0.15) is 5.75 Å². The first kappa shape index (κ1) is 13.0. The van der Waals surface area contributed by atoms with Crippen LogP contribution in [0.5, 0.6) is 5.75 Å². The van der Waals surface area contributed by atoms with E-state index in [0.29, 0.717) is 0 Å². The minimum absolute atomic E-state index is 0.231. The zero-order valence-electron chi connectivity index (χ0n) is 10.2. The standard InChI is InChI=1S/C13H21NO2/c1-10(15)8-9-14-11(2)12-6-4-5-7-13(12)16-3/h4-7,10-11,14-15H,8-9H2,1-3H3/t10?,11-/m0/s1. The van der Waals surface area contributed by atoms with Gasteiger partial charge in [0.05, 0.1) is 13.2 Å². The Morgan fingerprint density at radius 2 is 2.00 bits per heavy atom. The molecule has 0 bridgehead atoms. The number of aliphatic hydroxyl groups excluding tert-OH is 1. The van der Waals surface area contributed by atoms with Crippen LogP contribution in [0.2, 0.25) is 0 Å². The zero-order chi connectivity index (χ0) is 12.0. The Hall–Kier alpha value is -1.06. The van der Waals surface area contributed by atoms with Crippen LogP contribution in [0.3, 0.4) is 0 Å². The fourth-order valence-corrected chi connectivity index (χ4v) is 1.64. The van der Waals surface area contributed by atoms with Crippen LogP contribution >= 0.6 is 0 Å². The Bertz CT molecular complexity index is 313. The monoisotopic (exact) mass is 223 g/mol. The maximum absolute atomic E-state index is 9.17. The summed E-state index contributed by atoms with van der Waals surface area (Å²) in [6.07, 6.45) is 0.511.